The molecule has 0 radical (unpaired) electrons. The Balaban J connectivity index is 1.78. The Labute approximate surface area is 115 Å². The Bertz CT molecular complexity index is 573. The molecule has 0 aliphatic heterocycles. The SMILES string of the molecule is CNC(CC1Cc2ccccc21)c1ccccc1C. The van der Waals surface area contributed by atoms with Crippen molar-refractivity contribution in [2.24, 2.45) is 0 Å². The summed E-state index contributed by atoms with van der Waals surface area (Å²) in [6, 6.07) is 18.0. The first-order valence-corrected chi connectivity index (χ1v) is 7.10. The van der Waals surface area contributed by atoms with E-state index in [0.29, 0.717) is 12.0 Å². The third-order valence-corrected chi connectivity index (χ3v) is 4.39. The second kappa shape index (κ2) is 5.18. The van der Waals surface area contributed by atoms with Crippen LogP contribution < -0.4 is 5.32 Å². The molecule has 0 amide bonds. The minimum Gasteiger partial charge on any atom is -0.313 e. The van der Waals surface area contributed by atoms with Gasteiger partial charge < -0.3 is 5.32 Å². The molecule has 2 unspecified atom stereocenters. The van der Waals surface area contributed by atoms with Crippen LogP contribution in [0, 0.1) is 6.92 Å². The average molecular weight is 251 g/mol. The van der Waals surface area contributed by atoms with E-state index in [1.54, 1.807) is 5.56 Å². The quantitative estimate of drug-likeness (QED) is 0.866. The molecule has 0 fully saturated rings. The maximum atomic E-state index is 3.49. The number of hydrogen-bond acceptors (Lipinski definition) is 1. The third-order valence-electron chi connectivity index (χ3n) is 4.39. The molecule has 0 saturated heterocycles. The average Bonchev–Trinajstić information content (AvgIpc) is 2.42. The topological polar surface area (TPSA) is 12.0 Å². The molecule has 19 heavy (non-hydrogen) atoms. The number of fused-ring (bicyclic) bond motifs is 1. The maximum Gasteiger partial charge on any atom is 0.0326 e. The van der Waals surface area contributed by atoms with Gasteiger partial charge in [0.15, 0.2) is 0 Å². The van der Waals surface area contributed by atoms with E-state index in [4.69, 9.17) is 0 Å². The zero-order valence-corrected chi connectivity index (χ0v) is 11.7. The number of rotatable bonds is 4. The highest BCUT2D eigenvalue weighted by molar-refractivity contribution is 5.40. The molecule has 98 valence electrons. The molecule has 1 N–H and O–H groups in total. The molecule has 2 aromatic rings. The van der Waals surface area contributed by atoms with Gasteiger partial charge in [0.25, 0.3) is 0 Å². The number of nitrogens with one attached hydrogen (secondary N) is 1. The van der Waals surface area contributed by atoms with Crippen molar-refractivity contribution in [3.8, 4) is 0 Å². The van der Waals surface area contributed by atoms with Gasteiger partial charge in [-0.15, -0.1) is 0 Å². The van der Waals surface area contributed by atoms with Crippen LogP contribution in [-0.2, 0) is 6.42 Å². The van der Waals surface area contributed by atoms with Crippen LogP contribution in [0.5, 0.6) is 0 Å². The van der Waals surface area contributed by atoms with Crippen LogP contribution in [0.3, 0.4) is 0 Å². The summed E-state index contributed by atoms with van der Waals surface area (Å²) >= 11 is 0. The lowest BCUT2D eigenvalue weighted by Crippen LogP contribution is -2.25. The Morgan fingerprint density at radius 2 is 1.84 bits per heavy atom. The molecule has 3 rings (SSSR count). The molecule has 0 saturated carbocycles. The van der Waals surface area contributed by atoms with E-state index in [9.17, 15) is 0 Å². The van der Waals surface area contributed by atoms with Crippen molar-refractivity contribution in [3.63, 3.8) is 0 Å². The fraction of sp³-hybridized carbons (Fsp3) is 0.333. The molecule has 1 aliphatic carbocycles. The van der Waals surface area contributed by atoms with Crippen molar-refractivity contribution in [1.82, 2.24) is 5.32 Å². The minimum absolute atomic E-state index is 0.458. The summed E-state index contributed by atoms with van der Waals surface area (Å²) in [7, 11) is 2.07. The fourth-order valence-corrected chi connectivity index (χ4v) is 3.24. The molecular formula is C18H21N. The second-order valence-corrected chi connectivity index (χ2v) is 5.53. The van der Waals surface area contributed by atoms with Crippen LogP contribution in [0.25, 0.3) is 0 Å². The van der Waals surface area contributed by atoms with Gasteiger partial charge in [-0.2, -0.15) is 0 Å². The summed E-state index contributed by atoms with van der Waals surface area (Å²) in [5.74, 6) is 0.716. The molecule has 1 nitrogen and oxygen atoms in total. The molecule has 0 spiro atoms. The van der Waals surface area contributed by atoms with Gasteiger partial charge in [0, 0.05) is 6.04 Å². The third kappa shape index (κ3) is 2.31. The Morgan fingerprint density at radius 1 is 1.11 bits per heavy atom. The molecule has 1 heteroatoms. The zero-order chi connectivity index (χ0) is 13.2. The van der Waals surface area contributed by atoms with E-state index < -0.39 is 0 Å². The summed E-state index contributed by atoms with van der Waals surface area (Å²) in [5, 5.41) is 3.49. The van der Waals surface area contributed by atoms with Gasteiger partial charge in [0.05, 0.1) is 0 Å². The van der Waals surface area contributed by atoms with E-state index in [0.717, 1.165) is 0 Å². The van der Waals surface area contributed by atoms with Gasteiger partial charge in [-0.3, -0.25) is 0 Å². The largest absolute Gasteiger partial charge is 0.313 e. The Kier molecular flexibility index (Phi) is 3.39. The molecule has 2 atom stereocenters. The van der Waals surface area contributed by atoms with E-state index in [-0.39, 0.29) is 0 Å². The summed E-state index contributed by atoms with van der Waals surface area (Å²) in [4.78, 5) is 0. The fourth-order valence-electron chi connectivity index (χ4n) is 3.24. The van der Waals surface area contributed by atoms with Crippen LogP contribution in [0.1, 0.15) is 40.6 Å². The van der Waals surface area contributed by atoms with Crippen molar-refractivity contribution in [1.29, 1.82) is 0 Å². The lowest BCUT2D eigenvalue weighted by atomic mass is 9.73. The molecule has 0 aromatic heterocycles. The van der Waals surface area contributed by atoms with Crippen LogP contribution in [-0.4, -0.2) is 7.05 Å². The number of benzene rings is 2. The highest BCUT2D eigenvalue weighted by Gasteiger charge is 2.28. The van der Waals surface area contributed by atoms with Gasteiger partial charge in [0.1, 0.15) is 0 Å². The molecule has 0 heterocycles. The molecule has 2 aromatic carbocycles. The van der Waals surface area contributed by atoms with Crippen molar-refractivity contribution < 1.29 is 0 Å². The smallest absolute Gasteiger partial charge is 0.0326 e. The lowest BCUT2D eigenvalue weighted by Gasteiger charge is -2.33. The first kappa shape index (κ1) is 12.4. The Hall–Kier alpha value is -1.60. The van der Waals surface area contributed by atoms with Crippen molar-refractivity contribution in [2.45, 2.75) is 31.7 Å². The van der Waals surface area contributed by atoms with E-state index in [1.165, 1.54) is 29.5 Å². The van der Waals surface area contributed by atoms with Crippen LogP contribution in [0.2, 0.25) is 0 Å². The van der Waals surface area contributed by atoms with Crippen molar-refractivity contribution >= 4 is 0 Å². The standard InChI is InChI=1S/C18H21N/c1-13-7-3-5-9-16(13)18(19-2)12-15-11-14-8-4-6-10-17(14)15/h3-10,15,18-19H,11-12H2,1-2H3. The minimum atomic E-state index is 0.458. The summed E-state index contributed by atoms with van der Waals surface area (Å²) in [6.45, 7) is 2.20. The number of aryl methyl sites for hydroxylation is 1. The summed E-state index contributed by atoms with van der Waals surface area (Å²) < 4.78 is 0. The molecule has 0 bridgehead atoms. The van der Waals surface area contributed by atoms with E-state index in [1.807, 2.05) is 0 Å². The highest BCUT2D eigenvalue weighted by atomic mass is 14.9. The predicted octanol–water partition coefficient (Wildman–Crippen LogP) is 3.99. The van der Waals surface area contributed by atoms with E-state index >= 15 is 0 Å². The van der Waals surface area contributed by atoms with Gasteiger partial charge in [-0.1, -0.05) is 48.5 Å². The molecular weight excluding hydrogens is 230 g/mol. The van der Waals surface area contributed by atoms with Crippen molar-refractivity contribution in [3.05, 3.63) is 70.8 Å². The van der Waals surface area contributed by atoms with Gasteiger partial charge in [0.2, 0.25) is 0 Å². The second-order valence-electron chi connectivity index (χ2n) is 5.53. The van der Waals surface area contributed by atoms with Crippen LogP contribution in [0.15, 0.2) is 48.5 Å². The first-order chi connectivity index (χ1) is 9.29. The van der Waals surface area contributed by atoms with E-state index in [2.05, 4.69) is 67.8 Å². The van der Waals surface area contributed by atoms with Crippen LogP contribution >= 0.6 is 0 Å². The normalized spacial score (nSPS) is 18.5. The van der Waals surface area contributed by atoms with Gasteiger partial charge in [-0.05, 0) is 55.0 Å². The predicted molar refractivity (Wildman–Crippen MR) is 80.5 cm³/mol. The zero-order valence-electron chi connectivity index (χ0n) is 11.7. The maximum absolute atomic E-state index is 3.49. The van der Waals surface area contributed by atoms with Gasteiger partial charge in [-0.25, -0.2) is 0 Å². The summed E-state index contributed by atoms with van der Waals surface area (Å²) in [5.41, 5.74) is 5.91. The summed E-state index contributed by atoms with van der Waals surface area (Å²) in [6.07, 6.45) is 2.43. The van der Waals surface area contributed by atoms with Crippen molar-refractivity contribution in [2.75, 3.05) is 7.05 Å². The monoisotopic (exact) mass is 251 g/mol. The van der Waals surface area contributed by atoms with Gasteiger partial charge >= 0.3 is 0 Å². The molecule has 1 aliphatic rings. The number of hydrogen-bond donors (Lipinski definition) is 1. The van der Waals surface area contributed by atoms with Crippen LogP contribution in [0.4, 0.5) is 0 Å². The lowest BCUT2D eigenvalue weighted by molar-refractivity contribution is 0.451. The Morgan fingerprint density at radius 3 is 2.58 bits per heavy atom. The first-order valence-electron chi connectivity index (χ1n) is 7.10. The highest BCUT2D eigenvalue weighted by Crippen LogP contribution is 2.40.